The molecule has 1 heterocycles. The number of anilines is 1. The highest BCUT2D eigenvalue weighted by Crippen LogP contribution is 2.34. The van der Waals surface area contributed by atoms with E-state index in [-0.39, 0.29) is 25.2 Å². The van der Waals surface area contributed by atoms with Crippen LogP contribution in [0.3, 0.4) is 0 Å². The average molecular weight is 519 g/mol. The number of aryl methyl sites for hydroxylation is 1. The molecule has 0 aliphatic carbocycles. The maximum atomic E-state index is 12.8. The van der Waals surface area contributed by atoms with Crippen LogP contribution in [0.4, 0.5) is 5.69 Å². The van der Waals surface area contributed by atoms with Crippen LogP contribution >= 0.6 is 0 Å². The van der Waals surface area contributed by atoms with Crippen LogP contribution in [0.2, 0.25) is 0 Å². The highest BCUT2D eigenvalue weighted by Gasteiger charge is 2.48. The zero-order valence-electron chi connectivity index (χ0n) is 20.3. The van der Waals surface area contributed by atoms with Gasteiger partial charge in [0.25, 0.3) is 0 Å². The van der Waals surface area contributed by atoms with E-state index in [2.05, 4.69) is 29.2 Å². The number of carboxylic acid groups (broad SMARTS) is 3. The molecule has 204 valence electrons. The largest absolute Gasteiger partial charge is 0.479 e. The van der Waals surface area contributed by atoms with Gasteiger partial charge in [-0.25, -0.2) is 14.4 Å². The minimum atomic E-state index is -1.82. The third kappa shape index (κ3) is 9.32. The van der Waals surface area contributed by atoms with Gasteiger partial charge in [-0.2, -0.15) is 0 Å². The predicted molar refractivity (Wildman–Crippen MR) is 141 cm³/mol. The highest BCUT2D eigenvalue weighted by atomic mass is 16.4. The fraction of sp³-hybridized carbons (Fsp3) is 0.407. The number of nitrogens with zero attached hydrogens (tertiary/aromatic N) is 2. The molecule has 0 radical (unpaired) electrons. The number of likely N-dealkylation sites (tertiary alicyclic amines) is 1. The number of amides is 1. The molecule has 1 saturated heterocycles. The molecule has 3 rings (SSSR count). The van der Waals surface area contributed by atoms with Crippen LogP contribution in [0.1, 0.15) is 45.6 Å². The lowest BCUT2D eigenvalue weighted by Gasteiger charge is -2.46. The number of hydrogen-bond donors (Lipinski definition) is 3. The first-order valence-electron chi connectivity index (χ1n) is 11.5. The van der Waals surface area contributed by atoms with Crippen LogP contribution in [0.5, 0.6) is 0 Å². The van der Waals surface area contributed by atoms with E-state index in [1.807, 2.05) is 36.4 Å². The van der Waals surface area contributed by atoms with Gasteiger partial charge in [-0.1, -0.05) is 62.9 Å². The molecule has 0 saturated carbocycles. The summed E-state index contributed by atoms with van der Waals surface area (Å²) in [5.41, 5.74) is 0.817. The summed E-state index contributed by atoms with van der Waals surface area (Å²) in [5, 5.41) is 24.9. The van der Waals surface area contributed by atoms with E-state index >= 15 is 0 Å². The zero-order valence-corrected chi connectivity index (χ0v) is 20.3. The Labute approximate surface area is 217 Å². The Morgan fingerprint density at radius 1 is 0.865 bits per heavy atom. The molecular weight excluding hydrogens is 480 g/mol. The van der Waals surface area contributed by atoms with Crippen LogP contribution in [-0.4, -0.2) is 74.7 Å². The van der Waals surface area contributed by atoms with E-state index in [1.165, 1.54) is 10.5 Å². The van der Waals surface area contributed by atoms with Gasteiger partial charge >= 0.3 is 17.9 Å². The molecule has 5 N–H and O–H groups in total. The van der Waals surface area contributed by atoms with Crippen LogP contribution < -0.4 is 4.90 Å². The molecular formula is C27H38N2O8. The van der Waals surface area contributed by atoms with Gasteiger partial charge in [0.15, 0.2) is 0 Å². The van der Waals surface area contributed by atoms with Crippen LogP contribution in [0.25, 0.3) is 0 Å². The normalized spacial score (nSPS) is 14.0. The van der Waals surface area contributed by atoms with Crippen LogP contribution in [-0.2, 0) is 25.6 Å². The second-order valence-corrected chi connectivity index (χ2v) is 8.30. The van der Waals surface area contributed by atoms with Gasteiger partial charge in [0, 0.05) is 25.2 Å². The van der Waals surface area contributed by atoms with Crippen molar-refractivity contribution < 1.29 is 40.0 Å². The second-order valence-electron chi connectivity index (χ2n) is 8.30. The molecule has 37 heavy (non-hydrogen) atoms. The van der Waals surface area contributed by atoms with Crippen molar-refractivity contribution in [1.82, 2.24) is 4.90 Å². The third-order valence-corrected chi connectivity index (χ3v) is 6.04. The van der Waals surface area contributed by atoms with Gasteiger partial charge in [-0.05, 0) is 49.9 Å². The first-order chi connectivity index (χ1) is 16.7. The number of para-hydroxylation sites is 1. The summed E-state index contributed by atoms with van der Waals surface area (Å²) in [4.78, 5) is 47.2. The smallest absolute Gasteiger partial charge is 0.414 e. The summed E-state index contributed by atoms with van der Waals surface area (Å²) in [6, 6.07) is 19.6. The average Bonchev–Trinajstić information content (AvgIpc) is 2.86. The lowest BCUT2D eigenvalue weighted by atomic mass is 9.84. The summed E-state index contributed by atoms with van der Waals surface area (Å²) in [6.07, 6.45) is 3.22. The minimum absolute atomic E-state index is 0. The van der Waals surface area contributed by atoms with E-state index < -0.39 is 23.4 Å². The van der Waals surface area contributed by atoms with Gasteiger partial charge < -0.3 is 25.7 Å². The molecule has 0 unspecified atom stereocenters. The van der Waals surface area contributed by atoms with E-state index in [1.54, 1.807) is 6.92 Å². The molecule has 0 spiro atoms. The number of piperidine rings is 1. The molecule has 10 heteroatoms. The highest BCUT2D eigenvalue weighted by molar-refractivity contribution is 6.27. The molecule has 0 bridgehead atoms. The molecule has 1 aliphatic heterocycles. The Hall–Kier alpha value is -3.76. The van der Waals surface area contributed by atoms with Crippen molar-refractivity contribution in [2.45, 2.75) is 52.0 Å². The summed E-state index contributed by atoms with van der Waals surface area (Å²) < 4.78 is 0. The predicted octanol–water partition coefficient (Wildman–Crippen LogP) is 2.95. The number of carbonyl (C=O) groups excluding carboxylic acids is 1. The van der Waals surface area contributed by atoms with Gasteiger partial charge in [0.05, 0.1) is 0 Å². The van der Waals surface area contributed by atoms with E-state index in [0.717, 1.165) is 19.4 Å². The maximum absolute atomic E-state index is 12.8. The summed E-state index contributed by atoms with van der Waals surface area (Å²) in [7, 11) is 0. The molecule has 0 atom stereocenters. The third-order valence-electron chi connectivity index (χ3n) is 6.04. The maximum Gasteiger partial charge on any atom is 0.414 e. The van der Waals surface area contributed by atoms with Crippen molar-refractivity contribution in [2.24, 2.45) is 0 Å². The standard InChI is InChI=1S/C24H30N2O3.C2H2O4.CH4.H2O/c1-2-22(27)26(21-13-7-4-8-14-21)24(23(28)29)15-18-25(19-16-24)17-9-12-20-10-5-3-6-11-20;3-1(4)2(5)6;;/h3-8,10-11,13-14H,2,9,12,15-19H2,1H3,(H,28,29);(H,3,4)(H,5,6);1H4;1H2. The van der Waals surface area contributed by atoms with Crippen molar-refractivity contribution >= 4 is 29.5 Å². The van der Waals surface area contributed by atoms with Crippen molar-refractivity contribution in [3.8, 4) is 0 Å². The zero-order chi connectivity index (χ0) is 25.8. The Morgan fingerprint density at radius 2 is 1.35 bits per heavy atom. The molecule has 1 fully saturated rings. The molecule has 1 amide bonds. The molecule has 10 nitrogen and oxygen atoms in total. The SMILES string of the molecule is C.CCC(=O)N(c1ccccc1)C1(C(=O)O)CCN(CCCc2ccccc2)CC1.O.O=C(O)C(=O)O. The first kappa shape index (κ1) is 33.2. The molecule has 0 aromatic heterocycles. The second kappa shape index (κ2) is 16.1. The molecule has 1 aliphatic rings. The lowest BCUT2D eigenvalue weighted by Crippen LogP contribution is -2.62. The number of aliphatic carboxylic acids is 3. The van der Waals surface area contributed by atoms with Crippen molar-refractivity contribution in [3.63, 3.8) is 0 Å². The molecule has 2 aromatic rings. The van der Waals surface area contributed by atoms with Gasteiger partial charge in [-0.15, -0.1) is 0 Å². The van der Waals surface area contributed by atoms with E-state index in [9.17, 15) is 14.7 Å². The summed E-state index contributed by atoms with van der Waals surface area (Å²) in [5.74, 6) is -4.70. The quantitative estimate of drug-likeness (QED) is 0.448. The van der Waals surface area contributed by atoms with Gasteiger partial charge in [0.2, 0.25) is 5.91 Å². The van der Waals surface area contributed by atoms with Crippen molar-refractivity contribution in [2.75, 3.05) is 24.5 Å². The monoisotopic (exact) mass is 518 g/mol. The van der Waals surface area contributed by atoms with E-state index in [0.29, 0.717) is 31.6 Å². The van der Waals surface area contributed by atoms with Crippen LogP contribution in [0, 0.1) is 0 Å². The number of carbonyl (C=O) groups is 4. The number of rotatable bonds is 8. The fourth-order valence-electron chi connectivity index (χ4n) is 4.20. The number of carboxylic acids is 3. The van der Waals surface area contributed by atoms with Crippen molar-refractivity contribution in [3.05, 3.63) is 66.2 Å². The Bertz CT molecular complexity index is 978. The Balaban J connectivity index is 0.00000145. The fourth-order valence-corrected chi connectivity index (χ4v) is 4.20. The lowest BCUT2D eigenvalue weighted by molar-refractivity contribution is -0.159. The van der Waals surface area contributed by atoms with Gasteiger partial charge in [-0.3, -0.25) is 9.69 Å². The summed E-state index contributed by atoms with van der Waals surface area (Å²) >= 11 is 0. The topological polar surface area (TPSA) is 167 Å². The van der Waals surface area contributed by atoms with Crippen LogP contribution in [0.15, 0.2) is 60.7 Å². The first-order valence-corrected chi connectivity index (χ1v) is 11.5. The minimum Gasteiger partial charge on any atom is -0.479 e. The number of hydrogen-bond acceptors (Lipinski definition) is 5. The number of benzene rings is 2. The van der Waals surface area contributed by atoms with E-state index in [4.69, 9.17) is 19.8 Å². The summed E-state index contributed by atoms with van der Waals surface area (Å²) in [6.45, 7) is 4.09. The Kier molecular flexibility index (Phi) is 14.4. The Morgan fingerprint density at radius 3 is 1.78 bits per heavy atom. The molecule has 2 aromatic carbocycles. The van der Waals surface area contributed by atoms with Crippen molar-refractivity contribution in [1.29, 1.82) is 0 Å². The van der Waals surface area contributed by atoms with Gasteiger partial charge in [0.1, 0.15) is 5.54 Å².